The number of carbonyl (C=O) groups excluding carboxylic acids is 1. The van der Waals surface area contributed by atoms with Crippen LogP contribution in [0, 0.1) is 0 Å². The van der Waals surface area contributed by atoms with Gasteiger partial charge in [0.25, 0.3) is 5.91 Å². The van der Waals surface area contributed by atoms with Gasteiger partial charge in [0.2, 0.25) is 0 Å². The zero-order chi connectivity index (χ0) is 15.8. The summed E-state index contributed by atoms with van der Waals surface area (Å²) in [6.07, 6.45) is 0.795. The van der Waals surface area contributed by atoms with Crippen LogP contribution in [0.15, 0.2) is 36.4 Å². The molecular formula is C17H20ClNO3. The van der Waals surface area contributed by atoms with Gasteiger partial charge in [-0.15, -0.1) is 0 Å². The molecular weight excluding hydrogens is 302 g/mol. The average molecular weight is 322 g/mol. The number of hydrogen-bond acceptors (Lipinski definition) is 3. The Labute approximate surface area is 135 Å². The first-order valence-electron chi connectivity index (χ1n) is 7.37. The molecule has 2 aromatic carbocycles. The second kappa shape index (κ2) is 8.61. The fourth-order valence-corrected chi connectivity index (χ4v) is 2.33. The van der Waals surface area contributed by atoms with Crippen molar-refractivity contribution in [1.29, 1.82) is 0 Å². The van der Waals surface area contributed by atoms with Crippen molar-refractivity contribution in [2.24, 2.45) is 0 Å². The molecule has 0 radical (unpaired) electrons. The third-order valence-corrected chi connectivity index (χ3v) is 3.51. The van der Waals surface area contributed by atoms with Gasteiger partial charge in [-0.1, -0.05) is 35.9 Å². The molecule has 4 nitrogen and oxygen atoms in total. The summed E-state index contributed by atoms with van der Waals surface area (Å²) in [6.45, 7) is 3.87. The smallest absolute Gasteiger partial charge is 0.257 e. The maximum absolute atomic E-state index is 11.7. The molecule has 0 aliphatic carbocycles. The third-order valence-electron chi connectivity index (χ3n) is 3.18. The number of halogens is 1. The summed E-state index contributed by atoms with van der Waals surface area (Å²) in [5.41, 5.74) is 0. The molecule has 22 heavy (non-hydrogen) atoms. The first-order chi connectivity index (χ1) is 10.7. The van der Waals surface area contributed by atoms with Crippen LogP contribution in [0.3, 0.4) is 0 Å². The van der Waals surface area contributed by atoms with Gasteiger partial charge in [0.05, 0.1) is 0 Å². The SMILES string of the molecule is CCOCCCNC(=O)COc1ccc(Cl)c2ccccc12. The molecule has 0 spiro atoms. The predicted molar refractivity (Wildman–Crippen MR) is 88.6 cm³/mol. The van der Waals surface area contributed by atoms with Crippen LogP contribution in [0.25, 0.3) is 10.8 Å². The third kappa shape index (κ3) is 4.61. The molecule has 0 fully saturated rings. The van der Waals surface area contributed by atoms with Crippen molar-refractivity contribution in [3.05, 3.63) is 41.4 Å². The number of carbonyl (C=O) groups is 1. The molecule has 0 saturated heterocycles. The van der Waals surface area contributed by atoms with Crippen LogP contribution in [-0.4, -0.2) is 32.3 Å². The number of hydrogen-bond donors (Lipinski definition) is 1. The monoisotopic (exact) mass is 321 g/mol. The Kier molecular flexibility index (Phi) is 6.49. The van der Waals surface area contributed by atoms with E-state index < -0.39 is 0 Å². The molecule has 0 atom stereocenters. The van der Waals surface area contributed by atoms with Gasteiger partial charge >= 0.3 is 0 Å². The van der Waals surface area contributed by atoms with Crippen LogP contribution < -0.4 is 10.1 Å². The molecule has 1 N–H and O–H groups in total. The zero-order valence-electron chi connectivity index (χ0n) is 12.6. The van der Waals surface area contributed by atoms with E-state index >= 15 is 0 Å². The standard InChI is InChI=1S/C17H20ClNO3/c1-2-21-11-5-10-19-17(20)12-22-16-9-8-15(18)13-6-3-4-7-14(13)16/h3-4,6-9H,2,5,10-12H2,1H3,(H,19,20). The van der Waals surface area contributed by atoms with Crippen molar-refractivity contribution in [2.75, 3.05) is 26.4 Å². The Morgan fingerprint density at radius 1 is 1.18 bits per heavy atom. The molecule has 0 heterocycles. The number of benzene rings is 2. The minimum absolute atomic E-state index is 0.0136. The topological polar surface area (TPSA) is 47.6 Å². The lowest BCUT2D eigenvalue weighted by Gasteiger charge is -2.10. The molecule has 0 bridgehead atoms. The van der Waals surface area contributed by atoms with Crippen LogP contribution in [0.4, 0.5) is 0 Å². The van der Waals surface area contributed by atoms with E-state index in [-0.39, 0.29) is 12.5 Å². The number of fused-ring (bicyclic) bond motifs is 1. The lowest BCUT2D eigenvalue weighted by molar-refractivity contribution is -0.123. The van der Waals surface area contributed by atoms with Crippen LogP contribution in [0.5, 0.6) is 5.75 Å². The Bertz CT molecular complexity index is 630. The number of amides is 1. The van der Waals surface area contributed by atoms with Gasteiger partial charge < -0.3 is 14.8 Å². The highest BCUT2D eigenvalue weighted by molar-refractivity contribution is 6.35. The van der Waals surface area contributed by atoms with Crippen molar-refractivity contribution in [2.45, 2.75) is 13.3 Å². The first-order valence-corrected chi connectivity index (χ1v) is 7.74. The average Bonchev–Trinajstić information content (AvgIpc) is 2.54. The second-order valence-electron chi connectivity index (χ2n) is 4.78. The maximum atomic E-state index is 11.7. The highest BCUT2D eigenvalue weighted by atomic mass is 35.5. The molecule has 0 aromatic heterocycles. The van der Waals surface area contributed by atoms with E-state index in [0.29, 0.717) is 30.5 Å². The van der Waals surface area contributed by atoms with Gasteiger partial charge in [-0.05, 0) is 25.5 Å². The lowest BCUT2D eigenvalue weighted by atomic mass is 10.1. The van der Waals surface area contributed by atoms with E-state index in [1.54, 1.807) is 12.1 Å². The Morgan fingerprint density at radius 2 is 1.95 bits per heavy atom. The van der Waals surface area contributed by atoms with Gasteiger partial charge in [0, 0.05) is 35.6 Å². The van der Waals surface area contributed by atoms with Crippen molar-refractivity contribution in [1.82, 2.24) is 5.32 Å². The minimum atomic E-state index is -0.143. The summed E-state index contributed by atoms with van der Waals surface area (Å²) in [6, 6.07) is 11.3. The quantitative estimate of drug-likeness (QED) is 0.758. The largest absolute Gasteiger partial charge is 0.483 e. The summed E-state index contributed by atoms with van der Waals surface area (Å²) < 4.78 is 10.8. The highest BCUT2D eigenvalue weighted by Crippen LogP contribution is 2.31. The number of nitrogens with one attached hydrogen (secondary N) is 1. The lowest BCUT2D eigenvalue weighted by Crippen LogP contribution is -2.30. The minimum Gasteiger partial charge on any atom is -0.483 e. The fraction of sp³-hybridized carbons (Fsp3) is 0.353. The normalized spacial score (nSPS) is 10.6. The fourth-order valence-electron chi connectivity index (χ4n) is 2.10. The molecule has 5 heteroatoms. The molecule has 118 valence electrons. The Morgan fingerprint density at radius 3 is 2.73 bits per heavy atom. The van der Waals surface area contributed by atoms with Gasteiger partial charge in [-0.3, -0.25) is 4.79 Å². The molecule has 0 aliphatic heterocycles. The van der Waals surface area contributed by atoms with Crippen LogP contribution in [0.2, 0.25) is 5.02 Å². The molecule has 0 saturated carbocycles. The first kappa shape index (κ1) is 16.6. The molecule has 0 aliphatic rings. The molecule has 2 rings (SSSR count). The van der Waals surface area contributed by atoms with Gasteiger partial charge in [0.15, 0.2) is 6.61 Å². The Balaban J connectivity index is 1.87. The van der Waals surface area contributed by atoms with Gasteiger partial charge in [0.1, 0.15) is 5.75 Å². The van der Waals surface area contributed by atoms with Crippen molar-refractivity contribution >= 4 is 28.3 Å². The van der Waals surface area contributed by atoms with Crippen molar-refractivity contribution < 1.29 is 14.3 Å². The maximum Gasteiger partial charge on any atom is 0.257 e. The molecule has 1 amide bonds. The summed E-state index contributed by atoms with van der Waals surface area (Å²) in [4.78, 5) is 11.7. The predicted octanol–water partition coefficient (Wildman–Crippen LogP) is 3.41. The molecule has 2 aromatic rings. The summed E-state index contributed by atoms with van der Waals surface area (Å²) >= 11 is 6.16. The van der Waals surface area contributed by atoms with E-state index in [1.807, 2.05) is 31.2 Å². The van der Waals surface area contributed by atoms with Crippen LogP contribution in [-0.2, 0) is 9.53 Å². The number of rotatable bonds is 8. The van der Waals surface area contributed by atoms with Gasteiger partial charge in [-0.25, -0.2) is 0 Å². The highest BCUT2D eigenvalue weighted by Gasteiger charge is 2.07. The van der Waals surface area contributed by atoms with Gasteiger partial charge in [-0.2, -0.15) is 0 Å². The number of ether oxygens (including phenoxy) is 2. The Hall–Kier alpha value is -1.78. The summed E-state index contributed by atoms with van der Waals surface area (Å²) in [5, 5.41) is 5.29. The van der Waals surface area contributed by atoms with Crippen LogP contribution in [0.1, 0.15) is 13.3 Å². The molecule has 0 unspecified atom stereocenters. The van der Waals surface area contributed by atoms with Crippen LogP contribution >= 0.6 is 11.6 Å². The summed E-state index contributed by atoms with van der Waals surface area (Å²) in [5.74, 6) is 0.514. The van der Waals surface area contributed by atoms with E-state index in [4.69, 9.17) is 21.1 Å². The van der Waals surface area contributed by atoms with E-state index in [0.717, 1.165) is 17.2 Å². The zero-order valence-corrected chi connectivity index (χ0v) is 13.4. The van der Waals surface area contributed by atoms with E-state index in [9.17, 15) is 4.79 Å². The van der Waals surface area contributed by atoms with E-state index in [2.05, 4.69) is 5.32 Å². The summed E-state index contributed by atoms with van der Waals surface area (Å²) in [7, 11) is 0. The second-order valence-corrected chi connectivity index (χ2v) is 5.19. The van der Waals surface area contributed by atoms with Crippen molar-refractivity contribution in [3.63, 3.8) is 0 Å². The van der Waals surface area contributed by atoms with Crippen molar-refractivity contribution in [3.8, 4) is 5.75 Å². The van der Waals surface area contributed by atoms with E-state index in [1.165, 1.54) is 0 Å².